The number of nitrogens with one attached hydrogen (secondary N) is 1. The van der Waals surface area contributed by atoms with Crippen LogP contribution in [0.5, 0.6) is 5.75 Å². The summed E-state index contributed by atoms with van der Waals surface area (Å²) in [6, 6.07) is 16.3. The first-order chi connectivity index (χ1) is 13.0. The predicted octanol–water partition coefficient (Wildman–Crippen LogP) is 4.30. The van der Waals surface area contributed by atoms with Gasteiger partial charge in [0.15, 0.2) is 0 Å². The van der Waals surface area contributed by atoms with Crippen molar-refractivity contribution < 1.29 is 9.53 Å². The Balaban J connectivity index is 1.74. The minimum absolute atomic E-state index is 0.0890. The van der Waals surface area contributed by atoms with E-state index < -0.39 is 0 Å². The maximum atomic E-state index is 13.1. The monoisotopic (exact) mass is 430 g/mol. The van der Waals surface area contributed by atoms with E-state index in [1.807, 2.05) is 44.4 Å². The van der Waals surface area contributed by atoms with Gasteiger partial charge in [-0.05, 0) is 62.3 Å². The van der Waals surface area contributed by atoms with Crippen LogP contribution in [-0.2, 0) is 10.2 Å². The van der Waals surface area contributed by atoms with Crippen molar-refractivity contribution in [1.29, 1.82) is 0 Å². The normalized spacial score (nSPS) is 16.5. The third-order valence-corrected chi connectivity index (χ3v) is 6.13. The van der Waals surface area contributed by atoms with Gasteiger partial charge in [-0.1, -0.05) is 46.6 Å². The Morgan fingerprint density at radius 3 is 2.48 bits per heavy atom. The van der Waals surface area contributed by atoms with Gasteiger partial charge in [0.25, 0.3) is 0 Å². The van der Waals surface area contributed by atoms with Gasteiger partial charge in [0, 0.05) is 11.0 Å². The highest BCUT2D eigenvalue weighted by molar-refractivity contribution is 9.10. The summed E-state index contributed by atoms with van der Waals surface area (Å²) in [5, 5.41) is 3.22. The SMILES string of the molecule is COc1cccc(C(CNC(=O)C2(c3ccc(Br)cc3)CCC2)N(C)C)c1. The number of ether oxygens (including phenoxy) is 1. The number of halogens is 1. The van der Waals surface area contributed by atoms with Gasteiger partial charge in [-0.2, -0.15) is 0 Å². The van der Waals surface area contributed by atoms with E-state index in [1.54, 1.807) is 7.11 Å². The van der Waals surface area contributed by atoms with Crippen molar-refractivity contribution >= 4 is 21.8 Å². The van der Waals surface area contributed by atoms with Gasteiger partial charge in [0.05, 0.1) is 18.6 Å². The first kappa shape index (κ1) is 19.9. The topological polar surface area (TPSA) is 41.6 Å². The molecule has 1 aliphatic rings. The van der Waals surface area contributed by atoms with Gasteiger partial charge in [-0.15, -0.1) is 0 Å². The molecule has 1 fully saturated rings. The molecule has 1 unspecified atom stereocenters. The summed E-state index contributed by atoms with van der Waals surface area (Å²) in [5.74, 6) is 0.960. The summed E-state index contributed by atoms with van der Waals surface area (Å²) in [6.45, 7) is 0.567. The quantitative estimate of drug-likeness (QED) is 0.711. The van der Waals surface area contributed by atoms with Gasteiger partial charge in [-0.3, -0.25) is 4.79 Å². The first-order valence-corrected chi connectivity index (χ1v) is 10.1. The highest BCUT2D eigenvalue weighted by atomic mass is 79.9. The van der Waals surface area contributed by atoms with Crippen molar-refractivity contribution in [2.24, 2.45) is 0 Å². The second kappa shape index (κ2) is 8.44. The molecule has 1 amide bonds. The lowest BCUT2D eigenvalue weighted by Gasteiger charge is -2.41. The summed E-state index contributed by atoms with van der Waals surface area (Å²) in [6.07, 6.45) is 2.91. The summed E-state index contributed by atoms with van der Waals surface area (Å²) in [5.41, 5.74) is 1.86. The van der Waals surface area contributed by atoms with Gasteiger partial charge in [0.2, 0.25) is 5.91 Å². The zero-order valence-corrected chi connectivity index (χ0v) is 17.8. The molecule has 144 valence electrons. The fraction of sp³-hybridized carbons (Fsp3) is 0.409. The molecule has 0 saturated heterocycles. The summed E-state index contributed by atoms with van der Waals surface area (Å²) in [7, 11) is 5.73. The molecule has 1 saturated carbocycles. The number of hydrogen-bond acceptors (Lipinski definition) is 3. The number of nitrogens with zero attached hydrogens (tertiary/aromatic N) is 1. The molecule has 0 aliphatic heterocycles. The second-order valence-electron chi connectivity index (χ2n) is 7.41. The van der Waals surface area contributed by atoms with E-state index in [0.29, 0.717) is 6.54 Å². The highest BCUT2D eigenvalue weighted by Crippen LogP contribution is 2.44. The first-order valence-electron chi connectivity index (χ1n) is 9.31. The number of likely N-dealkylation sites (N-methyl/N-ethyl adjacent to an activating group) is 1. The molecule has 2 aromatic rings. The maximum Gasteiger partial charge on any atom is 0.230 e. The molecular weight excluding hydrogens is 404 g/mol. The molecule has 1 atom stereocenters. The minimum atomic E-state index is -0.383. The van der Waals surface area contributed by atoms with E-state index >= 15 is 0 Å². The van der Waals surface area contributed by atoms with Crippen LogP contribution >= 0.6 is 15.9 Å². The van der Waals surface area contributed by atoms with E-state index in [2.05, 4.69) is 44.3 Å². The lowest BCUT2D eigenvalue weighted by atomic mass is 9.64. The molecule has 0 radical (unpaired) electrons. The third-order valence-electron chi connectivity index (χ3n) is 5.60. The van der Waals surface area contributed by atoms with Crippen LogP contribution in [0.15, 0.2) is 53.0 Å². The smallest absolute Gasteiger partial charge is 0.230 e. The van der Waals surface area contributed by atoms with Crippen molar-refractivity contribution in [2.45, 2.75) is 30.7 Å². The Hall–Kier alpha value is -1.85. The Morgan fingerprint density at radius 1 is 1.22 bits per heavy atom. The Bertz CT molecular complexity index is 785. The number of benzene rings is 2. The van der Waals surface area contributed by atoms with Gasteiger partial charge >= 0.3 is 0 Å². The highest BCUT2D eigenvalue weighted by Gasteiger charge is 2.45. The average Bonchev–Trinajstić information content (AvgIpc) is 2.62. The zero-order valence-electron chi connectivity index (χ0n) is 16.2. The number of hydrogen-bond donors (Lipinski definition) is 1. The largest absolute Gasteiger partial charge is 0.497 e. The van der Waals surface area contributed by atoms with E-state index in [-0.39, 0.29) is 17.4 Å². The fourth-order valence-electron chi connectivity index (χ4n) is 3.75. The van der Waals surface area contributed by atoms with Gasteiger partial charge in [0.1, 0.15) is 5.75 Å². The minimum Gasteiger partial charge on any atom is -0.497 e. The van der Waals surface area contributed by atoms with Gasteiger partial charge in [-0.25, -0.2) is 0 Å². The van der Waals surface area contributed by atoms with Crippen molar-refractivity contribution in [3.63, 3.8) is 0 Å². The van der Waals surface area contributed by atoms with Crippen LogP contribution in [0.4, 0.5) is 0 Å². The van der Waals surface area contributed by atoms with Crippen molar-refractivity contribution in [1.82, 2.24) is 10.2 Å². The van der Waals surface area contributed by atoms with Crippen molar-refractivity contribution in [3.8, 4) is 5.75 Å². The molecule has 5 heteroatoms. The van der Waals surface area contributed by atoms with Crippen LogP contribution in [0.1, 0.15) is 36.4 Å². The molecule has 3 rings (SSSR count). The molecule has 4 nitrogen and oxygen atoms in total. The summed E-state index contributed by atoms with van der Waals surface area (Å²) >= 11 is 3.48. The maximum absolute atomic E-state index is 13.1. The Labute approximate surface area is 170 Å². The molecule has 0 aromatic heterocycles. The fourth-order valence-corrected chi connectivity index (χ4v) is 4.02. The number of carbonyl (C=O) groups excluding carboxylic acids is 1. The second-order valence-corrected chi connectivity index (χ2v) is 8.32. The lowest BCUT2D eigenvalue weighted by Crippen LogP contribution is -2.50. The van der Waals surface area contributed by atoms with E-state index in [0.717, 1.165) is 40.6 Å². The molecule has 2 aromatic carbocycles. The van der Waals surface area contributed by atoms with E-state index in [1.165, 1.54) is 0 Å². The van der Waals surface area contributed by atoms with E-state index in [4.69, 9.17) is 4.74 Å². The van der Waals surface area contributed by atoms with Crippen LogP contribution in [0, 0.1) is 0 Å². The number of methoxy groups -OCH3 is 1. The molecule has 27 heavy (non-hydrogen) atoms. The average molecular weight is 431 g/mol. The van der Waals surface area contributed by atoms with Gasteiger partial charge < -0.3 is 15.0 Å². The van der Waals surface area contributed by atoms with Crippen LogP contribution < -0.4 is 10.1 Å². The number of carbonyl (C=O) groups is 1. The molecule has 0 heterocycles. The van der Waals surface area contributed by atoms with Crippen molar-refractivity contribution in [3.05, 3.63) is 64.1 Å². The number of rotatable bonds is 7. The molecular formula is C22H27BrN2O2. The molecule has 0 spiro atoms. The Morgan fingerprint density at radius 2 is 1.93 bits per heavy atom. The summed E-state index contributed by atoms with van der Waals surface area (Å²) in [4.78, 5) is 15.3. The molecule has 1 N–H and O–H groups in total. The van der Waals surface area contributed by atoms with Crippen molar-refractivity contribution in [2.75, 3.05) is 27.7 Å². The predicted molar refractivity (Wildman–Crippen MR) is 112 cm³/mol. The lowest BCUT2D eigenvalue weighted by molar-refractivity contribution is -0.130. The van der Waals surface area contributed by atoms with Crippen LogP contribution in [-0.4, -0.2) is 38.6 Å². The molecule has 1 aliphatic carbocycles. The van der Waals surface area contributed by atoms with Crippen LogP contribution in [0.25, 0.3) is 0 Å². The molecule has 0 bridgehead atoms. The van der Waals surface area contributed by atoms with E-state index in [9.17, 15) is 4.79 Å². The third kappa shape index (κ3) is 4.19. The zero-order chi connectivity index (χ0) is 19.4. The van der Waals surface area contributed by atoms with Crippen LogP contribution in [0.2, 0.25) is 0 Å². The van der Waals surface area contributed by atoms with Crippen LogP contribution in [0.3, 0.4) is 0 Å². The summed E-state index contributed by atoms with van der Waals surface area (Å²) < 4.78 is 6.38. The number of amides is 1. The standard InChI is InChI=1S/C22H27BrN2O2/c1-25(2)20(16-6-4-7-19(14-16)27-3)15-24-21(26)22(12-5-13-22)17-8-10-18(23)11-9-17/h4,6-11,14,20H,5,12-13,15H2,1-3H3,(H,24,26). The Kier molecular flexibility index (Phi) is 6.22.